The molecule has 1 saturated heterocycles. The molecule has 5 rings (SSSR count). The lowest BCUT2D eigenvalue weighted by atomic mass is 9.77. The monoisotopic (exact) mass is 498 g/mol. The van der Waals surface area contributed by atoms with Crippen LogP contribution >= 0.6 is 0 Å². The van der Waals surface area contributed by atoms with Gasteiger partial charge in [0.1, 0.15) is 6.10 Å². The molecule has 1 aromatic carbocycles. The molecule has 0 aromatic heterocycles. The number of carbonyl (C=O) groups excluding carboxylic acids is 2. The summed E-state index contributed by atoms with van der Waals surface area (Å²) in [5.74, 6) is 1.33. The van der Waals surface area contributed by atoms with Crippen LogP contribution in [0, 0.1) is 5.92 Å². The van der Waals surface area contributed by atoms with Gasteiger partial charge in [-0.2, -0.15) is 0 Å². The van der Waals surface area contributed by atoms with E-state index in [4.69, 9.17) is 18.9 Å². The van der Waals surface area contributed by atoms with Gasteiger partial charge in [0, 0.05) is 26.2 Å². The molecule has 0 bridgehead atoms. The highest BCUT2D eigenvalue weighted by molar-refractivity contribution is 6.11. The second kappa shape index (κ2) is 11.2. The third kappa shape index (κ3) is 4.85. The van der Waals surface area contributed by atoms with Gasteiger partial charge in [-0.15, -0.1) is 0 Å². The first-order valence-electron chi connectivity index (χ1n) is 13.6. The Bertz CT molecular complexity index is 1000. The van der Waals surface area contributed by atoms with E-state index in [0.29, 0.717) is 36.8 Å². The predicted octanol–water partition coefficient (Wildman–Crippen LogP) is 3.50. The molecule has 196 valence electrons. The highest BCUT2D eigenvalue weighted by atomic mass is 16.5. The van der Waals surface area contributed by atoms with E-state index in [1.54, 1.807) is 0 Å². The molecule has 3 unspecified atom stereocenters. The standard InChI is InChI=1S/C28H38N2O6/c1-3-34-22-11-10-19(18-23(22)35-4-2)25-24-26(31)20-8-5-6-9-21(20)36-27(24)28(32)30(25)13-7-12-29-14-16-33-17-15-29/h10-11,18,20-21,25H,3-9,12-17H2,1-2H3. The van der Waals surface area contributed by atoms with E-state index in [1.165, 1.54) is 0 Å². The van der Waals surface area contributed by atoms with Gasteiger partial charge >= 0.3 is 0 Å². The molecule has 3 heterocycles. The fourth-order valence-electron chi connectivity index (χ4n) is 6.00. The second-order valence-corrected chi connectivity index (χ2v) is 9.94. The Morgan fingerprint density at radius 1 is 0.972 bits per heavy atom. The number of fused-ring (bicyclic) bond motifs is 1. The molecule has 8 heteroatoms. The number of morpholine rings is 1. The topological polar surface area (TPSA) is 77.5 Å². The minimum atomic E-state index is -0.470. The summed E-state index contributed by atoms with van der Waals surface area (Å²) in [6, 6.07) is 5.30. The Morgan fingerprint density at radius 3 is 2.50 bits per heavy atom. The maximum Gasteiger partial charge on any atom is 0.290 e. The van der Waals surface area contributed by atoms with Gasteiger partial charge in [0.05, 0.1) is 44.0 Å². The number of hydrogen-bond acceptors (Lipinski definition) is 7. The summed E-state index contributed by atoms with van der Waals surface area (Å²) in [6.45, 7) is 9.65. The predicted molar refractivity (Wildman–Crippen MR) is 134 cm³/mol. The lowest BCUT2D eigenvalue weighted by Gasteiger charge is -2.35. The Hall–Kier alpha value is -2.58. The molecule has 1 aliphatic carbocycles. The molecule has 36 heavy (non-hydrogen) atoms. The number of rotatable bonds is 9. The number of ether oxygens (including phenoxy) is 4. The quantitative estimate of drug-likeness (QED) is 0.516. The smallest absolute Gasteiger partial charge is 0.290 e. The zero-order chi connectivity index (χ0) is 25.1. The van der Waals surface area contributed by atoms with E-state index in [-0.39, 0.29) is 29.5 Å². The van der Waals surface area contributed by atoms with Crippen molar-refractivity contribution < 1.29 is 28.5 Å². The largest absolute Gasteiger partial charge is 0.490 e. The van der Waals surface area contributed by atoms with Crippen molar-refractivity contribution in [2.24, 2.45) is 5.92 Å². The van der Waals surface area contributed by atoms with Crippen LogP contribution in [0.4, 0.5) is 0 Å². The summed E-state index contributed by atoms with van der Waals surface area (Å²) in [5.41, 5.74) is 1.39. The van der Waals surface area contributed by atoms with Crippen LogP contribution in [0.3, 0.4) is 0 Å². The Morgan fingerprint density at radius 2 is 1.72 bits per heavy atom. The third-order valence-electron chi connectivity index (χ3n) is 7.72. The number of amides is 1. The lowest BCUT2D eigenvalue weighted by Crippen LogP contribution is -2.39. The molecular weight excluding hydrogens is 460 g/mol. The van der Waals surface area contributed by atoms with Crippen LogP contribution in [0.2, 0.25) is 0 Å². The first kappa shape index (κ1) is 25.1. The van der Waals surface area contributed by atoms with Crippen molar-refractivity contribution in [2.45, 2.75) is 58.1 Å². The molecule has 1 amide bonds. The fraction of sp³-hybridized carbons (Fsp3) is 0.643. The Kier molecular flexibility index (Phi) is 7.82. The highest BCUT2D eigenvalue weighted by Crippen LogP contribution is 2.47. The Balaban J connectivity index is 1.46. The molecule has 3 atom stereocenters. The summed E-state index contributed by atoms with van der Waals surface area (Å²) in [7, 11) is 0. The van der Waals surface area contributed by atoms with Crippen LogP contribution in [0.25, 0.3) is 0 Å². The third-order valence-corrected chi connectivity index (χ3v) is 7.72. The van der Waals surface area contributed by atoms with Crippen LogP contribution in [-0.2, 0) is 19.1 Å². The molecule has 3 aliphatic heterocycles. The summed E-state index contributed by atoms with van der Waals surface area (Å²) >= 11 is 0. The number of nitrogens with zero attached hydrogens (tertiary/aromatic N) is 2. The summed E-state index contributed by atoms with van der Waals surface area (Å²) in [6.07, 6.45) is 4.36. The van der Waals surface area contributed by atoms with Crippen molar-refractivity contribution in [2.75, 3.05) is 52.6 Å². The molecule has 0 N–H and O–H groups in total. The second-order valence-electron chi connectivity index (χ2n) is 9.94. The van der Waals surface area contributed by atoms with Crippen molar-refractivity contribution in [3.8, 4) is 11.5 Å². The van der Waals surface area contributed by atoms with Gasteiger partial charge in [-0.05, 0) is 57.2 Å². The molecule has 8 nitrogen and oxygen atoms in total. The highest BCUT2D eigenvalue weighted by Gasteiger charge is 2.51. The summed E-state index contributed by atoms with van der Waals surface area (Å²) in [5, 5.41) is 0. The van der Waals surface area contributed by atoms with Gasteiger partial charge in [-0.25, -0.2) is 0 Å². The maximum absolute atomic E-state index is 13.8. The van der Waals surface area contributed by atoms with Gasteiger partial charge in [-0.1, -0.05) is 12.5 Å². The molecule has 2 fully saturated rings. The molecule has 0 spiro atoms. The zero-order valence-corrected chi connectivity index (χ0v) is 21.5. The zero-order valence-electron chi connectivity index (χ0n) is 21.5. The first-order chi connectivity index (χ1) is 17.6. The maximum atomic E-state index is 13.8. The van der Waals surface area contributed by atoms with E-state index in [0.717, 1.165) is 70.5 Å². The lowest BCUT2D eigenvalue weighted by molar-refractivity contribution is -0.135. The van der Waals surface area contributed by atoms with Crippen molar-refractivity contribution in [3.05, 3.63) is 35.1 Å². The Labute approximate surface area is 213 Å². The average molecular weight is 499 g/mol. The van der Waals surface area contributed by atoms with E-state index in [1.807, 2.05) is 36.9 Å². The van der Waals surface area contributed by atoms with Crippen LogP contribution in [0.15, 0.2) is 29.5 Å². The average Bonchev–Trinajstić information content (AvgIpc) is 3.18. The molecule has 1 saturated carbocycles. The molecule has 1 aromatic rings. The SMILES string of the molecule is CCOc1ccc(C2C3=C(OC4CCCCC4C3=O)C(=O)N2CCCN2CCOCC2)cc1OCC. The van der Waals surface area contributed by atoms with Crippen molar-refractivity contribution in [1.82, 2.24) is 9.80 Å². The molecule has 4 aliphatic rings. The van der Waals surface area contributed by atoms with Gasteiger partial charge in [0.25, 0.3) is 5.91 Å². The van der Waals surface area contributed by atoms with Crippen molar-refractivity contribution in [1.29, 1.82) is 0 Å². The summed E-state index contributed by atoms with van der Waals surface area (Å²) in [4.78, 5) is 31.7. The van der Waals surface area contributed by atoms with Gasteiger partial charge in [0.2, 0.25) is 0 Å². The number of ketones is 1. The normalized spacial score (nSPS) is 26.5. The van der Waals surface area contributed by atoms with E-state index >= 15 is 0 Å². The van der Waals surface area contributed by atoms with Crippen LogP contribution in [-0.4, -0.2) is 80.2 Å². The van der Waals surface area contributed by atoms with Gasteiger partial charge in [-0.3, -0.25) is 14.5 Å². The summed E-state index contributed by atoms with van der Waals surface area (Å²) < 4.78 is 23.4. The minimum Gasteiger partial charge on any atom is -0.490 e. The van der Waals surface area contributed by atoms with Crippen molar-refractivity contribution >= 4 is 11.7 Å². The van der Waals surface area contributed by atoms with Crippen LogP contribution < -0.4 is 9.47 Å². The fourth-order valence-corrected chi connectivity index (χ4v) is 6.00. The number of benzene rings is 1. The van der Waals surface area contributed by atoms with Crippen molar-refractivity contribution in [3.63, 3.8) is 0 Å². The van der Waals surface area contributed by atoms with Gasteiger partial charge < -0.3 is 23.8 Å². The minimum absolute atomic E-state index is 0.0850. The first-order valence-corrected chi connectivity index (χ1v) is 13.6. The van der Waals surface area contributed by atoms with E-state index in [9.17, 15) is 9.59 Å². The number of Topliss-reactive ketones (excluding diaryl/α,β-unsaturated/α-hetero) is 1. The number of hydrogen-bond donors (Lipinski definition) is 0. The van der Waals surface area contributed by atoms with Crippen LogP contribution in [0.1, 0.15) is 57.6 Å². The van der Waals surface area contributed by atoms with E-state index in [2.05, 4.69) is 4.90 Å². The van der Waals surface area contributed by atoms with E-state index < -0.39 is 6.04 Å². The van der Waals surface area contributed by atoms with Gasteiger partial charge in [0.15, 0.2) is 23.0 Å². The number of carbonyl (C=O) groups is 2. The molecular formula is C28H38N2O6. The van der Waals surface area contributed by atoms with Crippen LogP contribution in [0.5, 0.6) is 11.5 Å². The molecule has 0 radical (unpaired) electrons.